The Bertz CT molecular complexity index is 961. The second-order valence-electron chi connectivity index (χ2n) is 9.32. The van der Waals surface area contributed by atoms with Crippen molar-refractivity contribution in [2.45, 2.75) is 58.5 Å². The number of urea groups is 1. The van der Waals surface area contributed by atoms with Gasteiger partial charge in [0, 0.05) is 23.3 Å². The Morgan fingerprint density at radius 2 is 1.50 bits per heavy atom. The summed E-state index contributed by atoms with van der Waals surface area (Å²) >= 11 is 0. The van der Waals surface area contributed by atoms with Crippen molar-refractivity contribution < 1.29 is 14.4 Å². The maximum atomic E-state index is 13.2. The third-order valence-electron chi connectivity index (χ3n) is 5.60. The average molecular weight is 437 g/mol. The molecule has 0 atom stereocenters. The van der Waals surface area contributed by atoms with Gasteiger partial charge in [-0.1, -0.05) is 70.0 Å². The van der Waals surface area contributed by atoms with Crippen LogP contribution in [0.2, 0.25) is 0 Å². The van der Waals surface area contributed by atoms with Crippen LogP contribution in [0.15, 0.2) is 54.6 Å². The molecule has 2 aromatic carbocycles. The number of carbonyl (C=O) groups is 3. The van der Waals surface area contributed by atoms with Gasteiger partial charge in [-0.05, 0) is 36.6 Å². The predicted octanol–water partition coefficient (Wildman–Crippen LogP) is 4.42. The Balaban J connectivity index is 1.64. The molecule has 0 bridgehead atoms. The molecule has 7 nitrogen and oxygen atoms in total. The minimum absolute atomic E-state index is 0.106. The van der Waals surface area contributed by atoms with Crippen molar-refractivity contribution in [1.29, 1.82) is 0 Å². The van der Waals surface area contributed by atoms with Crippen LogP contribution in [0.3, 0.4) is 0 Å². The quantitative estimate of drug-likeness (QED) is 0.539. The Labute approximate surface area is 189 Å². The van der Waals surface area contributed by atoms with E-state index in [-0.39, 0.29) is 17.8 Å². The first-order valence-electron chi connectivity index (χ1n) is 11.0. The van der Waals surface area contributed by atoms with Gasteiger partial charge in [0.2, 0.25) is 11.8 Å². The summed E-state index contributed by atoms with van der Waals surface area (Å²) in [6.45, 7) is 5.91. The lowest BCUT2D eigenvalue weighted by atomic mass is 9.95. The molecular weight excluding hydrogens is 404 g/mol. The van der Waals surface area contributed by atoms with Crippen molar-refractivity contribution in [3.63, 3.8) is 0 Å². The Kier molecular flexibility index (Phi) is 7.18. The fraction of sp³-hybridized carbons (Fsp3) is 0.400. The molecule has 170 valence electrons. The van der Waals surface area contributed by atoms with Crippen LogP contribution >= 0.6 is 0 Å². The van der Waals surface area contributed by atoms with Crippen molar-refractivity contribution >= 4 is 29.2 Å². The molecule has 1 aliphatic rings. The number of anilines is 2. The maximum absolute atomic E-state index is 13.2. The molecule has 0 spiro atoms. The summed E-state index contributed by atoms with van der Waals surface area (Å²) < 4.78 is 0. The van der Waals surface area contributed by atoms with E-state index in [1.54, 1.807) is 24.3 Å². The zero-order chi connectivity index (χ0) is 23.2. The minimum Gasteiger partial charge on any atom is -0.334 e. The molecule has 3 rings (SSSR count). The van der Waals surface area contributed by atoms with Crippen molar-refractivity contribution in [1.82, 2.24) is 10.6 Å². The van der Waals surface area contributed by atoms with E-state index in [0.29, 0.717) is 30.8 Å². The molecular formula is C25H32N4O3. The molecule has 0 saturated heterocycles. The SMILES string of the molecule is CC(C)(C)C(=O)Nc1cccc(NC(=O)C2(NC(=O)NCc3ccccc3)CCCC2)c1. The number of rotatable bonds is 6. The molecule has 7 heteroatoms. The highest BCUT2D eigenvalue weighted by atomic mass is 16.2. The molecule has 4 amide bonds. The second kappa shape index (κ2) is 9.85. The largest absolute Gasteiger partial charge is 0.334 e. The Morgan fingerprint density at radius 3 is 2.12 bits per heavy atom. The molecule has 0 aromatic heterocycles. The number of hydrogen-bond donors (Lipinski definition) is 4. The Hall–Kier alpha value is -3.35. The first-order valence-corrected chi connectivity index (χ1v) is 11.0. The van der Waals surface area contributed by atoms with Gasteiger partial charge in [0.05, 0.1) is 0 Å². The first kappa shape index (κ1) is 23.3. The Morgan fingerprint density at radius 1 is 0.875 bits per heavy atom. The summed E-state index contributed by atoms with van der Waals surface area (Å²) in [6.07, 6.45) is 2.90. The van der Waals surface area contributed by atoms with Crippen LogP contribution in [0.25, 0.3) is 0 Å². The molecule has 1 fully saturated rings. The molecule has 4 N–H and O–H groups in total. The molecule has 1 aliphatic carbocycles. The maximum Gasteiger partial charge on any atom is 0.315 e. The molecule has 1 saturated carbocycles. The van der Waals surface area contributed by atoms with E-state index in [4.69, 9.17) is 0 Å². The standard InChI is InChI=1S/C25H32N4O3/c1-24(2,3)21(30)27-19-12-9-13-20(16-19)28-22(31)25(14-7-8-15-25)29-23(32)26-17-18-10-5-4-6-11-18/h4-6,9-13,16H,7-8,14-15,17H2,1-3H3,(H,27,30)(H,28,31)(H2,26,29,32). The molecule has 0 aliphatic heterocycles. The van der Waals surface area contributed by atoms with Crippen LogP contribution in [0, 0.1) is 5.41 Å². The highest BCUT2D eigenvalue weighted by Gasteiger charge is 2.42. The van der Waals surface area contributed by atoms with Crippen molar-refractivity contribution in [2.75, 3.05) is 10.6 Å². The fourth-order valence-corrected chi connectivity index (χ4v) is 3.67. The predicted molar refractivity (Wildman–Crippen MR) is 126 cm³/mol. The second-order valence-corrected chi connectivity index (χ2v) is 9.32. The van der Waals surface area contributed by atoms with Gasteiger partial charge >= 0.3 is 6.03 Å². The lowest BCUT2D eigenvalue weighted by Crippen LogP contribution is -2.57. The summed E-state index contributed by atoms with van der Waals surface area (Å²) in [6, 6.07) is 16.3. The summed E-state index contributed by atoms with van der Waals surface area (Å²) in [4.78, 5) is 38.0. The highest BCUT2D eigenvalue weighted by Crippen LogP contribution is 2.31. The monoisotopic (exact) mass is 436 g/mol. The number of hydrogen-bond acceptors (Lipinski definition) is 3. The van der Waals surface area contributed by atoms with Gasteiger partial charge < -0.3 is 21.3 Å². The van der Waals surface area contributed by atoms with Crippen molar-refractivity contribution in [3.05, 3.63) is 60.2 Å². The van der Waals surface area contributed by atoms with E-state index in [0.717, 1.165) is 18.4 Å². The first-order chi connectivity index (χ1) is 15.2. The average Bonchev–Trinajstić information content (AvgIpc) is 3.22. The third-order valence-corrected chi connectivity index (χ3v) is 5.60. The smallest absolute Gasteiger partial charge is 0.315 e. The van der Waals surface area contributed by atoms with E-state index in [1.807, 2.05) is 51.1 Å². The summed E-state index contributed by atoms with van der Waals surface area (Å²) in [5.41, 5.74) is 0.688. The summed E-state index contributed by atoms with van der Waals surface area (Å²) in [5, 5.41) is 11.5. The summed E-state index contributed by atoms with van der Waals surface area (Å²) in [7, 11) is 0. The zero-order valence-electron chi connectivity index (χ0n) is 19.0. The van der Waals surface area contributed by atoms with Crippen LogP contribution < -0.4 is 21.3 Å². The van der Waals surface area contributed by atoms with E-state index in [2.05, 4.69) is 21.3 Å². The van der Waals surface area contributed by atoms with Crippen LogP contribution in [-0.2, 0) is 16.1 Å². The molecule has 0 heterocycles. The van der Waals surface area contributed by atoms with Gasteiger partial charge in [0.25, 0.3) is 0 Å². The number of amides is 4. The number of carbonyl (C=O) groups excluding carboxylic acids is 3. The third kappa shape index (κ3) is 6.09. The van der Waals surface area contributed by atoms with Gasteiger partial charge in [0.1, 0.15) is 5.54 Å². The number of benzene rings is 2. The van der Waals surface area contributed by atoms with Gasteiger partial charge in [-0.2, -0.15) is 0 Å². The zero-order valence-corrected chi connectivity index (χ0v) is 19.0. The van der Waals surface area contributed by atoms with Crippen LogP contribution in [0.1, 0.15) is 52.0 Å². The minimum atomic E-state index is -0.953. The van der Waals surface area contributed by atoms with Gasteiger partial charge in [0.15, 0.2) is 0 Å². The van der Waals surface area contributed by atoms with Crippen LogP contribution in [0.5, 0.6) is 0 Å². The van der Waals surface area contributed by atoms with Crippen molar-refractivity contribution in [2.24, 2.45) is 5.41 Å². The van der Waals surface area contributed by atoms with E-state index in [9.17, 15) is 14.4 Å². The number of nitrogens with one attached hydrogen (secondary N) is 4. The van der Waals surface area contributed by atoms with E-state index in [1.165, 1.54) is 0 Å². The van der Waals surface area contributed by atoms with E-state index < -0.39 is 11.0 Å². The lowest BCUT2D eigenvalue weighted by Gasteiger charge is -2.29. The van der Waals surface area contributed by atoms with Crippen molar-refractivity contribution in [3.8, 4) is 0 Å². The van der Waals surface area contributed by atoms with Gasteiger partial charge in [-0.25, -0.2) is 4.79 Å². The van der Waals surface area contributed by atoms with Gasteiger partial charge in [-0.3, -0.25) is 9.59 Å². The fourth-order valence-electron chi connectivity index (χ4n) is 3.67. The molecule has 0 radical (unpaired) electrons. The topological polar surface area (TPSA) is 99.3 Å². The lowest BCUT2D eigenvalue weighted by molar-refractivity contribution is -0.123. The molecule has 32 heavy (non-hydrogen) atoms. The van der Waals surface area contributed by atoms with E-state index >= 15 is 0 Å². The highest BCUT2D eigenvalue weighted by molar-refractivity contribution is 6.01. The normalized spacial score (nSPS) is 15.0. The molecule has 0 unspecified atom stereocenters. The van der Waals surface area contributed by atoms with Gasteiger partial charge in [-0.15, -0.1) is 0 Å². The molecule has 2 aromatic rings. The van der Waals surface area contributed by atoms with Crippen LogP contribution in [0.4, 0.5) is 16.2 Å². The summed E-state index contributed by atoms with van der Waals surface area (Å²) in [5.74, 6) is -0.353. The van der Waals surface area contributed by atoms with Crippen LogP contribution in [-0.4, -0.2) is 23.4 Å².